The second-order valence-electron chi connectivity index (χ2n) is 3.44. The summed E-state index contributed by atoms with van der Waals surface area (Å²) in [7, 11) is 0. The zero-order chi connectivity index (χ0) is 9.47. The number of hydrogen-bond donors (Lipinski definition) is 1. The van der Waals surface area contributed by atoms with Crippen molar-refractivity contribution in [3.63, 3.8) is 0 Å². The number of hydrogen-bond acceptors (Lipinski definition) is 3. The van der Waals surface area contributed by atoms with Crippen LogP contribution in [0.3, 0.4) is 0 Å². The minimum atomic E-state index is -0.797. The average Bonchev–Trinajstić information content (AvgIpc) is 2.06. The van der Waals surface area contributed by atoms with Crippen molar-refractivity contribution in [3.8, 4) is 5.75 Å². The van der Waals surface area contributed by atoms with Crippen LogP contribution in [0.4, 0.5) is 5.69 Å². The molecule has 0 radical (unpaired) electrons. The Morgan fingerprint density at radius 3 is 3.08 bits per heavy atom. The van der Waals surface area contributed by atoms with Crippen LogP contribution in [0.2, 0.25) is 0 Å². The number of ether oxygens (including phenoxy) is 1. The Bertz CT molecular complexity index is 360. The maximum absolute atomic E-state index is 11.4. The molecule has 68 valence electrons. The number of nitrogens with one attached hydrogen (secondary N) is 1. The highest BCUT2D eigenvalue weighted by Gasteiger charge is 2.35. The number of anilines is 1. The van der Waals surface area contributed by atoms with Gasteiger partial charge in [-0.05, 0) is 13.8 Å². The lowest BCUT2D eigenvalue weighted by Gasteiger charge is -2.30. The van der Waals surface area contributed by atoms with Gasteiger partial charge in [-0.25, -0.2) is 0 Å². The molecule has 0 fully saturated rings. The molecular weight excluding hydrogens is 168 g/mol. The number of amides is 1. The third-order valence-electron chi connectivity index (χ3n) is 1.94. The molecule has 1 N–H and O–H groups in total. The first-order valence-corrected chi connectivity index (χ1v) is 4.04. The van der Waals surface area contributed by atoms with E-state index in [-0.39, 0.29) is 5.91 Å². The molecule has 0 spiro atoms. The second-order valence-corrected chi connectivity index (χ2v) is 3.44. The van der Waals surface area contributed by atoms with E-state index >= 15 is 0 Å². The summed E-state index contributed by atoms with van der Waals surface area (Å²) in [4.78, 5) is 15.3. The van der Waals surface area contributed by atoms with Gasteiger partial charge in [0.05, 0.1) is 6.20 Å². The van der Waals surface area contributed by atoms with E-state index in [0.717, 1.165) is 0 Å². The number of pyridine rings is 1. The van der Waals surface area contributed by atoms with Gasteiger partial charge in [0, 0.05) is 12.3 Å². The Morgan fingerprint density at radius 2 is 2.31 bits per heavy atom. The highest BCUT2D eigenvalue weighted by atomic mass is 16.5. The van der Waals surface area contributed by atoms with Gasteiger partial charge in [0.15, 0.2) is 5.60 Å². The predicted molar refractivity (Wildman–Crippen MR) is 47.6 cm³/mol. The SMILES string of the molecule is CC1(C)Oc2ccncc2NC1=O. The molecule has 1 aromatic heterocycles. The highest BCUT2D eigenvalue weighted by Crippen LogP contribution is 2.31. The van der Waals surface area contributed by atoms with Crippen LogP contribution in [0.15, 0.2) is 18.5 Å². The average molecular weight is 178 g/mol. The van der Waals surface area contributed by atoms with Crippen molar-refractivity contribution >= 4 is 11.6 Å². The normalized spacial score (nSPS) is 18.5. The van der Waals surface area contributed by atoms with E-state index in [9.17, 15) is 4.79 Å². The van der Waals surface area contributed by atoms with E-state index in [4.69, 9.17) is 4.74 Å². The molecule has 0 aromatic carbocycles. The van der Waals surface area contributed by atoms with E-state index in [2.05, 4.69) is 10.3 Å². The van der Waals surface area contributed by atoms with Gasteiger partial charge >= 0.3 is 0 Å². The summed E-state index contributed by atoms with van der Waals surface area (Å²) in [6.45, 7) is 3.46. The third-order valence-corrected chi connectivity index (χ3v) is 1.94. The van der Waals surface area contributed by atoms with E-state index in [1.807, 2.05) is 0 Å². The first-order chi connectivity index (χ1) is 6.09. The molecule has 13 heavy (non-hydrogen) atoms. The van der Waals surface area contributed by atoms with Gasteiger partial charge in [-0.1, -0.05) is 0 Å². The van der Waals surface area contributed by atoms with E-state index < -0.39 is 5.60 Å². The summed E-state index contributed by atoms with van der Waals surface area (Å²) in [6.07, 6.45) is 3.20. The van der Waals surface area contributed by atoms with Crippen LogP contribution >= 0.6 is 0 Å². The number of carbonyl (C=O) groups is 1. The molecule has 2 rings (SSSR count). The van der Waals surface area contributed by atoms with Crippen molar-refractivity contribution in [2.24, 2.45) is 0 Å². The largest absolute Gasteiger partial charge is 0.476 e. The first kappa shape index (κ1) is 8.04. The van der Waals surface area contributed by atoms with Crippen LogP contribution in [0.25, 0.3) is 0 Å². The van der Waals surface area contributed by atoms with Crippen molar-refractivity contribution < 1.29 is 9.53 Å². The van der Waals surface area contributed by atoms with Crippen LogP contribution in [0.1, 0.15) is 13.8 Å². The topological polar surface area (TPSA) is 51.2 Å². The highest BCUT2D eigenvalue weighted by molar-refractivity contribution is 5.99. The van der Waals surface area contributed by atoms with Crippen LogP contribution in [-0.2, 0) is 4.79 Å². The standard InChI is InChI=1S/C9H10N2O2/c1-9(2)8(12)11-6-5-10-4-3-7(6)13-9/h3-5H,1-2H3,(H,11,12). The molecule has 1 aliphatic rings. The number of rotatable bonds is 0. The monoisotopic (exact) mass is 178 g/mol. The number of aromatic nitrogens is 1. The summed E-state index contributed by atoms with van der Waals surface area (Å²) in [5, 5.41) is 2.72. The van der Waals surface area contributed by atoms with Gasteiger partial charge in [0.1, 0.15) is 11.4 Å². The molecule has 0 unspecified atom stereocenters. The minimum absolute atomic E-state index is 0.145. The lowest BCUT2D eigenvalue weighted by Crippen LogP contribution is -2.45. The molecule has 0 saturated heterocycles. The number of nitrogens with zero attached hydrogens (tertiary/aromatic N) is 1. The van der Waals surface area contributed by atoms with Crippen molar-refractivity contribution in [3.05, 3.63) is 18.5 Å². The Hall–Kier alpha value is -1.58. The van der Waals surface area contributed by atoms with Crippen LogP contribution < -0.4 is 10.1 Å². The predicted octanol–water partition coefficient (Wildman–Crippen LogP) is 1.19. The zero-order valence-electron chi connectivity index (χ0n) is 7.50. The van der Waals surface area contributed by atoms with Crippen molar-refractivity contribution in [1.29, 1.82) is 0 Å². The summed E-state index contributed by atoms with van der Waals surface area (Å²) in [6, 6.07) is 1.73. The van der Waals surface area contributed by atoms with Gasteiger partial charge in [0.2, 0.25) is 0 Å². The fraction of sp³-hybridized carbons (Fsp3) is 0.333. The molecule has 4 heteroatoms. The van der Waals surface area contributed by atoms with Crippen LogP contribution in [0.5, 0.6) is 5.75 Å². The summed E-state index contributed by atoms with van der Waals surface area (Å²) < 4.78 is 5.48. The van der Waals surface area contributed by atoms with Gasteiger partial charge in [-0.2, -0.15) is 0 Å². The Kier molecular flexibility index (Phi) is 1.52. The molecule has 1 aromatic rings. The minimum Gasteiger partial charge on any atom is -0.476 e. The maximum Gasteiger partial charge on any atom is 0.268 e. The van der Waals surface area contributed by atoms with Crippen molar-refractivity contribution in [2.75, 3.05) is 5.32 Å². The third kappa shape index (κ3) is 1.24. The van der Waals surface area contributed by atoms with Crippen molar-refractivity contribution in [2.45, 2.75) is 19.4 Å². The van der Waals surface area contributed by atoms with Gasteiger partial charge < -0.3 is 10.1 Å². The maximum atomic E-state index is 11.4. The molecule has 0 atom stereocenters. The van der Waals surface area contributed by atoms with Crippen LogP contribution in [0, 0.1) is 0 Å². The van der Waals surface area contributed by atoms with E-state index in [1.54, 1.807) is 32.3 Å². The van der Waals surface area contributed by atoms with E-state index in [1.165, 1.54) is 0 Å². The second kappa shape index (κ2) is 2.45. The van der Waals surface area contributed by atoms with E-state index in [0.29, 0.717) is 11.4 Å². The molecule has 4 nitrogen and oxygen atoms in total. The molecule has 0 bridgehead atoms. The van der Waals surface area contributed by atoms with Gasteiger partial charge in [0.25, 0.3) is 5.91 Å². The first-order valence-electron chi connectivity index (χ1n) is 4.04. The van der Waals surface area contributed by atoms with Gasteiger partial charge in [-0.15, -0.1) is 0 Å². The lowest BCUT2D eigenvalue weighted by molar-refractivity contribution is -0.129. The quantitative estimate of drug-likeness (QED) is 0.649. The summed E-state index contributed by atoms with van der Waals surface area (Å²) in [5.74, 6) is 0.521. The Morgan fingerprint density at radius 1 is 1.54 bits per heavy atom. The smallest absolute Gasteiger partial charge is 0.268 e. The van der Waals surface area contributed by atoms with Crippen molar-refractivity contribution in [1.82, 2.24) is 4.98 Å². The zero-order valence-corrected chi connectivity index (χ0v) is 7.50. The lowest BCUT2D eigenvalue weighted by atomic mass is 10.1. The Balaban J connectivity index is 2.44. The summed E-state index contributed by atoms with van der Waals surface area (Å²) >= 11 is 0. The molecule has 0 aliphatic carbocycles. The number of fused-ring (bicyclic) bond motifs is 1. The molecular formula is C9H10N2O2. The number of carbonyl (C=O) groups excluding carboxylic acids is 1. The summed E-state index contributed by atoms with van der Waals surface area (Å²) in [5.41, 5.74) is -0.166. The Labute approximate surface area is 75.9 Å². The molecule has 1 amide bonds. The van der Waals surface area contributed by atoms with Crippen LogP contribution in [-0.4, -0.2) is 16.5 Å². The molecule has 0 saturated carbocycles. The fourth-order valence-electron chi connectivity index (χ4n) is 1.16. The fourth-order valence-corrected chi connectivity index (χ4v) is 1.16. The molecule has 2 heterocycles. The van der Waals surface area contributed by atoms with Gasteiger partial charge in [-0.3, -0.25) is 9.78 Å². The molecule has 1 aliphatic heterocycles.